The molecule has 1 aliphatic rings. The zero-order valence-electron chi connectivity index (χ0n) is 15.5. The molecule has 1 fully saturated rings. The van der Waals surface area contributed by atoms with Crippen LogP contribution in [0.5, 0.6) is 5.75 Å². The van der Waals surface area contributed by atoms with Crippen molar-refractivity contribution in [3.8, 4) is 5.75 Å². The minimum absolute atomic E-state index is 0.0111. The van der Waals surface area contributed by atoms with Gasteiger partial charge >= 0.3 is 0 Å². The van der Waals surface area contributed by atoms with Gasteiger partial charge in [0.25, 0.3) is 5.91 Å². The standard InChI is InChI=1S/C19H25ClN2O4/c1-13-10-16(11-14(2)19(13)20)26-12-18(25)22-8-6-21(7-9-22)17(24)5-4-15(3)23/h10-11H,4-9,12H2,1-3H3. The van der Waals surface area contributed by atoms with Gasteiger partial charge in [0.15, 0.2) is 6.61 Å². The fourth-order valence-corrected chi connectivity index (χ4v) is 2.98. The van der Waals surface area contributed by atoms with Crippen molar-refractivity contribution >= 4 is 29.2 Å². The highest BCUT2D eigenvalue weighted by molar-refractivity contribution is 6.32. The maximum Gasteiger partial charge on any atom is 0.260 e. The number of benzene rings is 1. The maximum absolute atomic E-state index is 12.3. The monoisotopic (exact) mass is 380 g/mol. The Morgan fingerprint density at radius 1 is 0.962 bits per heavy atom. The molecule has 142 valence electrons. The molecule has 26 heavy (non-hydrogen) atoms. The van der Waals surface area contributed by atoms with E-state index in [0.29, 0.717) is 37.0 Å². The minimum atomic E-state index is -0.105. The molecule has 2 amide bonds. The number of nitrogens with zero attached hydrogens (tertiary/aromatic N) is 2. The number of rotatable bonds is 6. The number of carbonyl (C=O) groups is 3. The Hall–Kier alpha value is -2.08. The van der Waals surface area contributed by atoms with Gasteiger partial charge in [-0.2, -0.15) is 0 Å². The van der Waals surface area contributed by atoms with Crippen molar-refractivity contribution in [3.63, 3.8) is 0 Å². The third-order valence-electron chi connectivity index (χ3n) is 4.45. The quantitative estimate of drug-likeness (QED) is 0.759. The van der Waals surface area contributed by atoms with Crippen LogP contribution in [0.25, 0.3) is 0 Å². The normalized spacial score (nSPS) is 14.3. The van der Waals surface area contributed by atoms with Gasteiger partial charge in [-0.25, -0.2) is 0 Å². The Bertz CT molecular complexity index is 674. The fraction of sp³-hybridized carbons (Fsp3) is 0.526. The van der Waals surface area contributed by atoms with Crippen molar-refractivity contribution in [3.05, 3.63) is 28.3 Å². The Kier molecular flexibility index (Phi) is 7.03. The van der Waals surface area contributed by atoms with Crippen LogP contribution in [0.1, 0.15) is 30.9 Å². The third kappa shape index (κ3) is 5.46. The van der Waals surface area contributed by atoms with E-state index in [1.165, 1.54) is 6.92 Å². The number of carbonyl (C=O) groups excluding carboxylic acids is 3. The van der Waals surface area contributed by atoms with Crippen molar-refractivity contribution in [2.24, 2.45) is 0 Å². The number of hydrogen-bond acceptors (Lipinski definition) is 4. The van der Waals surface area contributed by atoms with Crippen LogP contribution >= 0.6 is 11.6 Å². The second-order valence-electron chi connectivity index (χ2n) is 6.62. The van der Waals surface area contributed by atoms with E-state index in [1.807, 2.05) is 26.0 Å². The van der Waals surface area contributed by atoms with Gasteiger partial charge in [0.1, 0.15) is 11.5 Å². The zero-order valence-corrected chi connectivity index (χ0v) is 16.3. The zero-order chi connectivity index (χ0) is 19.3. The van der Waals surface area contributed by atoms with Crippen molar-refractivity contribution in [1.29, 1.82) is 0 Å². The first-order valence-electron chi connectivity index (χ1n) is 8.72. The summed E-state index contributed by atoms with van der Waals surface area (Å²) in [6.07, 6.45) is 0.507. The van der Waals surface area contributed by atoms with Crippen LogP contribution in [0.2, 0.25) is 5.02 Å². The Morgan fingerprint density at radius 3 is 1.96 bits per heavy atom. The summed E-state index contributed by atoms with van der Waals surface area (Å²) in [4.78, 5) is 38.7. The number of ether oxygens (including phenoxy) is 1. The highest BCUT2D eigenvalue weighted by atomic mass is 35.5. The first kappa shape index (κ1) is 20.2. The van der Waals surface area contributed by atoms with Gasteiger partial charge in [-0.1, -0.05) is 11.6 Å². The number of amides is 2. The first-order chi connectivity index (χ1) is 12.3. The molecule has 0 aliphatic carbocycles. The molecule has 1 saturated heterocycles. The van der Waals surface area contributed by atoms with Crippen LogP contribution in [0.15, 0.2) is 12.1 Å². The van der Waals surface area contributed by atoms with Gasteiger partial charge in [0, 0.05) is 44.0 Å². The number of Topliss-reactive ketones (excluding diaryl/α,β-unsaturated/α-hetero) is 1. The van der Waals surface area contributed by atoms with Gasteiger partial charge in [0.2, 0.25) is 5.91 Å². The summed E-state index contributed by atoms with van der Waals surface area (Å²) in [5.74, 6) is 0.495. The predicted octanol–water partition coefficient (Wildman–Crippen LogP) is 2.38. The lowest BCUT2D eigenvalue weighted by Crippen LogP contribution is -2.51. The van der Waals surface area contributed by atoms with Gasteiger partial charge in [-0.3, -0.25) is 9.59 Å². The summed E-state index contributed by atoms with van der Waals surface area (Å²) in [5, 5.41) is 0.703. The van der Waals surface area contributed by atoms with E-state index in [4.69, 9.17) is 16.3 Å². The van der Waals surface area contributed by atoms with Crippen LogP contribution in [0, 0.1) is 13.8 Å². The summed E-state index contributed by atoms with van der Waals surface area (Å²) in [5.41, 5.74) is 1.82. The summed E-state index contributed by atoms with van der Waals surface area (Å²) < 4.78 is 5.61. The lowest BCUT2D eigenvalue weighted by Gasteiger charge is -2.34. The summed E-state index contributed by atoms with van der Waals surface area (Å²) >= 11 is 6.13. The van der Waals surface area contributed by atoms with E-state index in [1.54, 1.807) is 9.80 Å². The summed E-state index contributed by atoms with van der Waals surface area (Å²) in [6.45, 7) is 7.16. The number of halogens is 1. The second kappa shape index (κ2) is 9.03. The second-order valence-corrected chi connectivity index (χ2v) is 7.00. The molecule has 0 atom stereocenters. The molecule has 0 N–H and O–H groups in total. The van der Waals surface area contributed by atoms with Crippen LogP contribution in [-0.2, 0) is 14.4 Å². The molecule has 0 spiro atoms. The van der Waals surface area contributed by atoms with E-state index in [-0.39, 0.29) is 37.0 Å². The Morgan fingerprint density at radius 2 is 1.46 bits per heavy atom. The van der Waals surface area contributed by atoms with Gasteiger partial charge in [0.05, 0.1) is 0 Å². The molecule has 0 saturated carbocycles. The molecule has 7 heteroatoms. The van der Waals surface area contributed by atoms with Crippen molar-refractivity contribution in [1.82, 2.24) is 9.80 Å². The van der Waals surface area contributed by atoms with Gasteiger partial charge < -0.3 is 19.3 Å². The van der Waals surface area contributed by atoms with Gasteiger partial charge in [-0.15, -0.1) is 0 Å². The number of aryl methyl sites for hydroxylation is 2. The summed E-state index contributed by atoms with van der Waals surface area (Å²) in [7, 11) is 0. The lowest BCUT2D eigenvalue weighted by molar-refractivity contribution is -0.141. The van der Waals surface area contributed by atoms with E-state index in [0.717, 1.165) is 11.1 Å². The Labute approximate surface area is 159 Å². The predicted molar refractivity (Wildman–Crippen MR) is 99.5 cm³/mol. The van der Waals surface area contributed by atoms with E-state index >= 15 is 0 Å². The van der Waals surface area contributed by atoms with Crippen molar-refractivity contribution < 1.29 is 19.1 Å². The van der Waals surface area contributed by atoms with E-state index in [9.17, 15) is 14.4 Å². The molecule has 0 radical (unpaired) electrons. The third-order valence-corrected chi connectivity index (χ3v) is 5.04. The minimum Gasteiger partial charge on any atom is -0.484 e. The topological polar surface area (TPSA) is 66.9 Å². The van der Waals surface area contributed by atoms with Crippen LogP contribution in [0.3, 0.4) is 0 Å². The average molecular weight is 381 g/mol. The molecular formula is C19H25ClN2O4. The molecule has 2 rings (SSSR count). The Balaban J connectivity index is 1.79. The first-order valence-corrected chi connectivity index (χ1v) is 9.10. The number of hydrogen-bond donors (Lipinski definition) is 0. The van der Waals surface area contributed by atoms with Gasteiger partial charge in [-0.05, 0) is 44.0 Å². The molecule has 0 bridgehead atoms. The molecule has 1 heterocycles. The molecular weight excluding hydrogens is 356 g/mol. The van der Waals surface area contributed by atoms with E-state index < -0.39 is 0 Å². The van der Waals surface area contributed by atoms with Crippen LogP contribution in [-0.4, -0.2) is 60.2 Å². The van der Waals surface area contributed by atoms with Crippen LogP contribution in [0.4, 0.5) is 0 Å². The van der Waals surface area contributed by atoms with Crippen molar-refractivity contribution in [2.45, 2.75) is 33.6 Å². The average Bonchev–Trinajstić information content (AvgIpc) is 2.62. The maximum atomic E-state index is 12.3. The molecule has 1 aromatic carbocycles. The lowest BCUT2D eigenvalue weighted by atomic mass is 10.1. The number of piperazine rings is 1. The molecule has 1 aliphatic heterocycles. The van der Waals surface area contributed by atoms with E-state index in [2.05, 4.69) is 0 Å². The largest absolute Gasteiger partial charge is 0.484 e. The molecule has 6 nitrogen and oxygen atoms in total. The molecule has 0 aromatic heterocycles. The summed E-state index contributed by atoms with van der Waals surface area (Å²) in [6, 6.07) is 3.63. The fourth-order valence-electron chi connectivity index (χ4n) is 2.87. The van der Waals surface area contributed by atoms with Crippen LogP contribution < -0.4 is 4.74 Å². The SMILES string of the molecule is CC(=O)CCC(=O)N1CCN(C(=O)COc2cc(C)c(Cl)c(C)c2)CC1. The highest BCUT2D eigenvalue weighted by Crippen LogP contribution is 2.25. The number of ketones is 1. The molecule has 1 aromatic rings. The highest BCUT2D eigenvalue weighted by Gasteiger charge is 2.24. The molecule has 0 unspecified atom stereocenters. The smallest absolute Gasteiger partial charge is 0.260 e. The van der Waals surface area contributed by atoms with Crippen molar-refractivity contribution in [2.75, 3.05) is 32.8 Å².